The van der Waals surface area contributed by atoms with Crippen molar-refractivity contribution in [2.24, 2.45) is 0 Å². The van der Waals surface area contributed by atoms with E-state index >= 15 is 0 Å². The summed E-state index contributed by atoms with van der Waals surface area (Å²) in [5.74, 6) is -0.0985. The molecule has 0 spiro atoms. The van der Waals surface area contributed by atoms with Crippen LogP contribution in [0.2, 0.25) is 0 Å². The summed E-state index contributed by atoms with van der Waals surface area (Å²) in [4.78, 5) is 3.83. The standard InChI is InChI=1S/C12H7BrF3NO2/c13-8-7-17-6-5-9(8)18-10-3-1-2-4-11(10)19-12(14,15)16/h1-7H. The van der Waals surface area contributed by atoms with E-state index in [9.17, 15) is 13.2 Å². The highest BCUT2D eigenvalue weighted by Gasteiger charge is 2.32. The van der Waals surface area contributed by atoms with Crippen LogP contribution in [0.4, 0.5) is 13.2 Å². The molecule has 0 radical (unpaired) electrons. The Bertz CT molecular complexity index is 575. The number of hydrogen-bond donors (Lipinski definition) is 0. The number of halogens is 4. The van der Waals surface area contributed by atoms with E-state index in [2.05, 4.69) is 25.7 Å². The van der Waals surface area contributed by atoms with Gasteiger partial charge in [0, 0.05) is 18.5 Å². The van der Waals surface area contributed by atoms with E-state index in [-0.39, 0.29) is 5.75 Å². The molecule has 0 atom stereocenters. The van der Waals surface area contributed by atoms with Gasteiger partial charge in [-0.15, -0.1) is 13.2 Å². The fraction of sp³-hybridized carbons (Fsp3) is 0.0833. The fourth-order valence-corrected chi connectivity index (χ4v) is 1.64. The highest BCUT2D eigenvalue weighted by molar-refractivity contribution is 9.10. The number of nitrogens with zero attached hydrogens (tertiary/aromatic N) is 1. The van der Waals surface area contributed by atoms with Crippen LogP contribution in [0.3, 0.4) is 0 Å². The molecule has 0 saturated heterocycles. The first-order valence-corrected chi connectivity index (χ1v) is 5.87. The Morgan fingerprint density at radius 2 is 1.68 bits per heavy atom. The smallest absolute Gasteiger partial charge is 0.452 e. The molecule has 2 aromatic rings. The van der Waals surface area contributed by atoms with Crippen molar-refractivity contribution in [3.05, 3.63) is 47.2 Å². The molecule has 0 fully saturated rings. The molecular weight excluding hydrogens is 327 g/mol. The van der Waals surface area contributed by atoms with Gasteiger partial charge in [-0.05, 0) is 28.1 Å². The van der Waals surface area contributed by atoms with Crippen molar-refractivity contribution in [3.63, 3.8) is 0 Å². The molecule has 100 valence electrons. The number of benzene rings is 1. The quantitative estimate of drug-likeness (QED) is 0.826. The van der Waals surface area contributed by atoms with Gasteiger partial charge < -0.3 is 9.47 Å². The Labute approximate surface area is 115 Å². The van der Waals surface area contributed by atoms with Crippen LogP contribution in [0.5, 0.6) is 17.2 Å². The van der Waals surface area contributed by atoms with Crippen molar-refractivity contribution in [2.45, 2.75) is 6.36 Å². The maximum Gasteiger partial charge on any atom is 0.573 e. The number of ether oxygens (including phenoxy) is 2. The summed E-state index contributed by atoms with van der Waals surface area (Å²) in [6, 6.07) is 7.06. The monoisotopic (exact) mass is 333 g/mol. The molecule has 0 aliphatic carbocycles. The molecule has 0 aliphatic heterocycles. The SMILES string of the molecule is FC(F)(F)Oc1ccccc1Oc1ccncc1Br. The van der Waals surface area contributed by atoms with Gasteiger partial charge in [-0.25, -0.2) is 0 Å². The predicted molar refractivity (Wildman–Crippen MR) is 65.1 cm³/mol. The summed E-state index contributed by atoms with van der Waals surface area (Å²) < 4.78 is 46.5. The summed E-state index contributed by atoms with van der Waals surface area (Å²) >= 11 is 3.19. The van der Waals surface area contributed by atoms with Crippen LogP contribution < -0.4 is 9.47 Å². The zero-order valence-corrected chi connectivity index (χ0v) is 10.9. The first-order chi connectivity index (χ1) is 8.96. The van der Waals surface area contributed by atoms with E-state index in [1.54, 1.807) is 6.07 Å². The van der Waals surface area contributed by atoms with E-state index in [1.165, 1.54) is 36.7 Å². The third kappa shape index (κ3) is 3.85. The third-order valence-electron chi connectivity index (χ3n) is 2.03. The van der Waals surface area contributed by atoms with Crippen molar-refractivity contribution in [2.75, 3.05) is 0 Å². The van der Waals surface area contributed by atoms with Crippen LogP contribution >= 0.6 is 15.9 Å². The maximum absolute atomic E-state index is 12.2. The molecule has 0 unspecified atom stereocenters. The highest BCUT2D eigenvalue weighted by Crippen LogP contribution is 2.36. The average Bonchev–Trinajstić information content (AvgIpc) is 2.33. The summed E-state index contributed by atoms with van der Waals surface area (Å²) in [6.07, 6.45) is -1.83. The lowest BCUT2D eigenvalue weighted by molar-refractivity contribution is -0.275. The van der Waals surface area contributed by atoms with Crippen molar-refractivity contribution in [3.8, 4) is 17.2 Å². The summed E-state index contributed by atoms with van der Waals surface area (Å²) in [7, 11) is 0. The minimum atomic E-state index is -4.77. The van der Waals surface area contributed by atoms with Crippen LogP contribution in [0, 0.1) is 0 Å². The molecule has 1 aromatic carbocycles. The van der Waals surface area contributed by atoms with Crippen molar-refractivity contribution >= 4 is 15.9 Å². The molecule has 0 bridgehead atoms. The van der Waals surface area contributed by atoms with Crippen LogP contribution in [0.25, 0.3) is 0 Å². The summed E-state index contributed by atoms with van der Waals surface area (Å²) in [5, 5.41) is 0. The lowest BCUT2D eigenvalue weighted by Crippen LogP contribution is -2.17. The molecule has 2 rings (SSSR count). The number of para-hydroxylation sites is 2. The molecule has 0 saturated carbocycles. The van der Waals surface area contributed by atoms with Gasteiger partial charge in [-0.1, -0.05) is 12.1 Å². The van der Waals surface area contributed by atoms with Gasteiger partial charge in [0.25, 0.3) is 0 Å². The largest absolute Gasteiger partial charge is 0.573 e. The van der Waals surface area contributed by atoms with E-state index in [0.717, 1.165) is 0 Å². The zero-order valence-electron chi connectivity index (χ0n) is 9.32. The molecule has 1 heterocycles. The molecule has 7 heteroatoms. The van der Waals surface area contributed by atoms with Crippen molar-refractivity contribution in [1.82, 2.24) is 4.98 Å². The number of aromatic nitrogens is 1. The lowest BCUT2D eigenvalue weighted by Gasteiger charge is -2.14. The maximum atomic E-state index is 12.2. The molecule has 0 N–H and O–H groups in total. The van der Waals surface area contributed by atoms with E-state index < -0.39 is 12.1 Å². The van der Waals surface area contributed by atoms with Gasteiger partial charge in [-0.2, -0.15) is 0 Å². The van der Waals surface area contributed by atoms with Gasteiger partial charge in [0.05, 0.1) is 4.47 Å². The number of hydrogen-bond acceptors (Lipinski definition) is 3. The fourth-order valence-electron chi connectivity index (χ4n) is 1.31. The van der Waals surface area contributed by atoms with E-state index in [0.29, 0.717) is 10.2 Å². The first kappa shape index (κ1) is 13.7. The second kappa shape index (κ2) is 5.48. The van der Waals surface area contributed by atoms with Crippen molar-refractivity contribution < 1.29 is 22.6 Å². The Morgan fingerprint density at radius 3 is 2.32 bits per heavy atom. The predicted octanol–water partition coefficient (Wildman–Crippen LogP) is 4.54. The van der Waals surface area contributed by atoms with Crippen LogP contribution in [-0.2, 0) is 0 Å². The Morgan fingerprint density at radius 1 is 1.00 bits per heavy atom. The second-order valence-corrected chi connectivity index (χ2v) is 4.26. The van der Waals surface area contributed by atoms with Crippen LogP contribution in [0.15, 0.2) is 47.2 Å². The summed E-state index contributed by atoms with van der Waals surface area (Å²) in [6.45, 7) is 0. The normalized spacial score (nSPS) is 11.2. The highest BCUT2D eigenvalue weighted by atomic mass is 79.9. The van der Waals surface area contributed by atoms with Gasteiger partial charge >= 0.3 is 6.36 Å². The van der Waals surface area contributed by atoms with Gasteiger partial charge in [0.2, 0.25) is 0 Å². The minimum Gasteiger partial charge on any atom is -0.452 e. The van der Waals surface area contributed by atoms with Crippen LogP contribution in [-0.4, -0.2) is 11.3 Å². The number of rotatable bonds is 3. The number of pyridine rings is 1. The summed E-state index contributed by atoms with van der Waals surface area (Å²) in [5.41, 5.74) is 0. The minimum absolute atomic E-state index is 0.0354. The van der Waals surface area contributed by atoms with Crippen LogP contribution in [0.1, 0.15) is 0 Å². The van der Waals surface area contributed by atoms with Gasteiger partial charge in [0.1, 0.15) is 5.75 Å². The molecule has 1 aromatic heterocycles. The molecule has 3 nitrogen and oxygen atoms in total. The van der Waals surface area contributed by atoms with Gasteiger partial charge in [0.15, 0.2) is 11.5 Å². The zero-order chi connectivity index (χ0) is 13.9. The Kier molecular flexibility index (Phi) is 3.94. The average molecular weight is 334 g/mol. The van der Waals surface area contributed by atoms with E-state index in [1.807, 2.05) is 0 Å². The topological polar surface area (TPSA) is 31.4 Å². The molecule has 0 amide bonds. The molecule has 0 aliphatic rings. The molecular formula is C12H7BrF3NO2. The molecule has 19 heavy (non-hydrogen) atoms. The first-order valence-electron chi connectivity index (χ1n) is 5.08. The number of alkyl halides is 3. The Hall–Kier alpha value is -1.76. The van der Waals surface area contributed by atoms with Gasteiger partial charge in [-0.3, -0.25) is 4.98 Å². The van der Waals surface area contributed by atoms with E-state index in [4.69, 9.17) is 4.74 Å². The third-order valence-corrected chi connectivity index (χ3v) is 2.63. The van der Waals surface area contributed by atoms with Crippen molar-refractivity contribution in [1.29, 1.82) is 0 Å². The Balaban J connectivity index is 2.28. The lowest BCUT2D eigenvalue weighted by atomic mass is 10.3. The second-order valence-electron chi connectivity index (χ2n) is 3.40.